The summed E-state index contributed by atoms with van der Waals surface area (Å²) >= 11 is 0. The average molecular weight is 361 g/mol. The Morgan fingerprint density at radius 3 is 2.88 bits per heavy atom. The van der Waals surface area contributed by atoms with Gasteiger partial charge in [0.2, 0.25) is 5.91 Å². The van der Waals surface area contributed by atoms with Gasteiger partial charge < -0.3 is 5.32 Å². The normalized spacial score (nSPS) is 19.8. The molecule has 25 heavy (non-hydrogen) atoms. The average Bonchev–Trinajstić information content (AvgIpc) is 2.87. The molecule has 1 aromatic carbocycles. The first kappa shape index (κ1) is 17.7. The van der Waals surface area contributed by atoms with Gasteiger partial charge in [0, 0.05) is 18.5 Å². The number of amides is 1. The Morgan fingerprint density at radius 2 is 2.08 bits per heavy atom. The van der Waals surface area contributed by atoms with Gasteiger partial charge in [-0.1, -0.05) is 23.8 Å². The summed E-state index contributed by atoms with van der Waals surface area (Å²) in [7, 11) is -3.52. The van der Waals surface area contributed by atoms with Crippen LogP contribution in [0.4, 0.5) is 0 Å². The highest BCUT2D eigenvalue weighted by atomic mass is 32.2. The Hall–Kier alpha value is -2.15. The Balaban J connectivity index is 1.47. The van der Waals surface area contributed by atoms with E-state index in [1.54, 1.807) is 24.3 Å². The molecule has 1 aliphatic carbocycles. The van der Waals surface area contributed by atoms with E-state index in [1.165, 1.54) is 18.4 Å². The predicted octanol–water partition coefficient (Wildman–Crippen LogP) is 2.12. The molecule has 0 saturated carbocycles. The van der Waals surface area contributed by atoms with Crippen molar-refractivity contribution in [3.05, 3.63) is 41.5 Å². The number of carbonyl (C=O) groups excluding carboxylic acids is 1. The zero-order valence-corrected chi connectivity index (χ0v) is 14.9. The highest BCUT2D eigenvalue weighted by Crippen LogP contribution is 2.22. The molecule has 1 aliphatic heterocycles. The van der Waals surface area contributed by atoms with Crippen LogP contribution >= 0.6 is 0 Å². The van der Waals surface area contributed by atoms with E-state index in [0.717, 1.165) is 19.3 Å². The fourth-order valence-corrected chi connectivity index (χ4v) is 4.35. The number of carbonyl (C=O) groups is 1. The zero-order valence-electron chi connectivity index (χ0n) is 14.1. The Morgan fingerprint density at radius 1 is 1.24 bits per heavy atom. The van der Waals surface area contributed by atoms with Crippen LogP contribution in [0.15, 0.2) is 45.8 Å². The number of hydrogen-bond donors (Lipinski definition) is 2. The number of rotatable bonds is 6. The van der Waals surface area contributed by atoms with Crippen molar-refractivity contribution in [2.75, 3.05) is 13.1 Å². The van der Waals surface area contributed by atoms with Gasteiger partial charge >= 0.3 is 0 Å². The molecule has 0 saturated heterocycles. The van der Waals surface area contributed by atoms with E-state index in [2.05, 4.69) is 21.1 Å². The van der Waals surface area contributed by atoms with Gasteiger partial charge in [-0.3, -0.25) is 14.5 Å². The zero-order chi connectivity index (χ0) is 17.7. The summed E-state index contributed by atoms with van der Waals surface area (Å²) < 4.78 is 26.4. The van der Waals surface area contributed by atoms with Crippen LogP contribution in [-0.2, 0) is 14.8 Å². The molecule has 6 nitrogen and oxygen atoms in total. The van der Waals surface area contributed by atoms with Crippen LogP contribution in [-0.4, -0.2) is 33.3 Å². The van der Waals surface area contributed by atoms with Crippen molar-refractivity contribution in [1.82, 2.24) is 10.0 Å². The molecule has 0 radical (unpaired) electrons. The molecule has 1 aromatic rings. The molecule has 2 aliphatic rings. The smallest absolute Gasteiger partial charge is 0.263 e. The van der Waals surface area contributed by atoms with Crippen molar-refractivity contribution < 1.29 is 13.2 Å². The lowest BCUT2D eigenvalue weighted by Gasteiger charge is -2.12. The maximum Gasteiger partial charge on any atom is 0.263 e. The van der Waals surface area contributed by atoms with Gasteiger partial charge in [-0.2, -0.15) is 0 Å². The fourth-order valence-electron chi connectivity index (χ4n) is 3.10. The number of hydrogen-bond acceptors (Lipinski definition) is 4. The van der Waals surface area contributed by atoms with Crippen LogP contribution < -0.4 is 10.0 Å². The van der Waals surface area contributed by atoms with Gasteiger partial charge in [0.05, 0.1) is 11.4 Å². The molecule has 0 fully saturated rings. The Bertz CT molecular complexity index is 813. The number of nitrogens with one attached hydrogen (secondary N) is 2. The maximum absolute atomic E-state index is 12.0. The molecular weight excluding hydrogens is 338 g/mol. The van der Waals surface area contributed by atoms with E-state index in [9.17, 15) is 13.2 Å². The van der Waals surface area contributed by atoms with E-state index in [4.69, 9.17) is 0 Å². The van der Waals surface area contributed by atoms with Gasteiger partial charge in [0.1, 0.15) is 5.84 Å². The van der Waals surface area contributed by atoms with Crippen molar-refractivity contribution in [3.63, 3.8) is 0 Å². The largest absolute Gasteiger partial charge is 0.356 e. The van der Waals surface area contributed by atoms with Crippen LogP contribution in [0.2, 0.25) is 0 Å². The minimum absolute atomic E-state index is 0.0603. The lowest BCUT2D eigenvalue weighted by Crippen LogP contribution is -2.26. The summed E-state index contributed by atoms with van der Waals surface area (Å²) in [5.74, 6) is 0.255. The molecule has 0 atom stereocenters. The molecule has 7 heteroatoms. The monoisotopic (exact) mass is 361 g/mol. The highest BCUT2D eigenvalue weighted by molar-refractivity contribution is 7.90. The van der Waals surface area contributed by atoms with Crippen LogP contribution in [0.5, 0.6) is 0 Å². The SMILES string of the molecule is O=C(CCN=C1NS(=O)(=O)c2ccccc21)NCCC1=CCCCC1. The molecule has 0 aromatic heterocycles. The van der Waals surface area contributed by atoms with E-state index in [0.29, 0.717) is 17.9 Å². The first-order valence-electron chi connectivity index (χ1n) is 8.67. The number of benzene rings is 1. The molecule has 1 heterocycles. The molecular formula is C18H23N3O3S. The molecule has 0 spiro atoms. The van der Waals surface area contributed by atoms with Crippen LogP contribution in [0, 0.1) is 0 Å². The van der Waals surface area contributed by atoms with Crippen LogP contribution in [0.3, 0.4) is 0 Å². The number of amidine groups is 1. The van der Waals surface area contributed by atoms with Gasteiger partial charge in [-0.15, -0.1) is 0 Å². The standard InChI is InChI=1S/C18H23N3O3S/c22-17(19-12-10-14-6-2-1-3-7-14)11-13-20-18-15-8-4-5-9-16(15)25(23,24)21-18/h4-6,8-9H,1-3,7,10-13H2,(H,19,22)(H,20,21). The molecule has 0 unspecified atom stereocenters. The third-order valence-electron chi connectivity index (χ3n) is 4.42. The minimum atomic E-state index is -3.52. The fraction of sp³-hybridized carbons (Fsp3) is 0.444. The third-order valence-corrected chi connectivity index (χ3v) is 5.82. The van der Waals surface area contributed by atoms with Gasteiger partial charge in [0.15, 0.2) is 0 Å². The van der Waals surface area contributed by atoms with Crippen molar-refractivity contribution in [1.29, 1.82) is 0 Å². The van der Waals surface area contributed by atoms with Crippen molar-refractivity contribution in [2.24, 2.45) is 4.99 Å². The molecule has 2 N–H and O–H groups in total. The van der Waals surface area contributed by atoms with E-state index in [-0.39, 0.29) is 23.8 Å². The maximum atomic E-state index is 12.0. The second kappa shape index (κ2) is 7.82. The summed E-state index contributed by atoms with van der Waals surface area (Å²) in [6, 6.07) is 6.70. The van der Waals surface area contributed by atoms with Crippen LogP contribution in [0.1, 0.15) is 44.1 Å². The summed E-state index contributed by atoms with van der Waals surface area (Å²) in [6.07, 6.45) is 8.24. The van der Waals surface area contributed by atoms with E-state index >= 15 is 0 Å². The first-order valence-corrected chi connectivity index (χ1v) is 10.2. The second-order valence-electron chi connectivity index (χ2n) is 6.29. The number of fused-ring (bicyclic) bond motifs is 1. The lowest BCUT2D eigenvalue weighted by atomic mass is 9.97. The molecule has 1 amide bonds. The number of nitrogens with zero attached hydrogens (tertiary/aromatic N) is 1. The molecule has 0 bridgehead atoms. The van der Waals surface area contributed by atoms with Gasteiger partial charge in [-0.25, -0.2) is 8.42 Å². The first-order chi connectivity index (χ1) is 12.1. The molecule has 3 rings (SSSR count). The second-order valence-corrected chi connectivity index (χ2v) is 7.94. The van der Waals surface area contributed by atoms with Crippen molar-refractivity contribution in [2.45, 2.75) is 43.4 Å². The predicted molar refractivity (Wildman–Crippen MR) is 97.0 cm³/mol. The summed E-state index contributed by atoms with van der Waals surface area (Å²) in [6.45, 7) is 0.900. The highest BCUT2D eigenvalue weighted by Gasteiger charge is 2.29. The lowest BCUT2D eigenvalue weighted by molar-refractivity contribution is -0.120. The van der Waals surface area contributed by atoms with Gasteiger partial charge in [0.25, 0.3) is 10.0 Å². The quantitative estimate of drug-likeness (QED) is 0.761. The Kier molecular flexibility index (Phi) is 5.53. The number of sulfonamides is 1. The molecule has 134 valence electrons. The summed E-state index contributed by atoms with van der Waals surface area (Å²) in [5.41, 5.74) is 2.00. The topological polar surface area (TPSA) is 87.6 Å². The third kappa shape index (κ3) is 4.48. The van der Waals surface area contributed by atoms with Gasteiger partial charge in [-0.05, 0) is 44.2 Å². The van der Waals surface area contributed by atoms with Crippen molar-refractivity contribution >= 4 is 21.8 Å². The summed E-state index contributed by atoms with van der Waals surface area (Å²) in [5, 5.41) is 2.90. The van der Waals surface area contributed by atoms with Crippen molar-refractivity contribution in [3.8, 4) is 0 Å². The van der Waals surface area contributed by atoms with E-state index < -0.39 is 10.0 Å². The number of aliphatic imine (C=N–C) groups is 1. The van der Waals surface area contributed by atoms with Crippen LogP contribution in [0.25, 0.3) is 0 Å². The number of allylic oxidation sites excluding steroid dienone is 1. The Labute approximate surface area is 148 Å². The summed E-state index contributed by atoms with van der Waals surface area (Å²) in [4.78, 5) is 16.4. The van der Waals surface area contributed by atoms with E-state index in [1.807, 2.05) is 0 Å². The minimum Gasteiger partial charge on any atom is -0.356 e.